The van der Waals surface area contributed by atoms with Gasteiger partial charge in [0.15, 0.2) is 0 Å². The molecular weight excluding hydrogens is 284 g/mol. The van der Waals surface area contributed by atoms with Crippen LogP contribution in [0.2, 0.25) is 0 Å². The number of carbonyl (C=O) groups is 2. The van der Waals surface area contributed by atoms with E-state index in [-0.39, 0.29) is 24.4 Å². The lowest BCUT2D eigenvalue weighted by Gasteiger charge is -2.42. The lowest BCUT2D eigenvalue weighted by atomic mass is 9.90. The van der Waals surface area contributed by atoms with E-state index in [1.807, 2.05) is 13.8 Å². The molecule has 3 rings (SSSR count). The van der Waals surface area contributed by atoms with Crippen molar-refractivity contribution >= 4 is 23.2 Å². The van der Waals surface area contributed by atoms with Gasteiger partial charge in [0.25, 0.3) is 0 Å². The highest BCUT2D eigenvalue weighted by Gasteiger charge is 2.53. The van der Waals surface area contributed by atoms with Crippen molar-refractivity contribution in [1.82, 2.24) is 10.2 Å². The Morgan fingerprint density at radius 1 is 1.43 bits per heavy atom. The molecule has 1 aromatic heterocycles. The normalized spacial score (nSPS) is 27.7. The summed E-state index contributed by atoms with van der Waals surface area (Å²) in [6.45, 7) is 6.20. The Hall–Kier alpha value is -1.36. The molecule has 2 aliphatic rings. The highest BCUT2D eigenvalue weighted by molar-refractivity contribution is 7.11. The van der Waals surface area contributed by atoms with E-state index in [4.69, 9.17) is 0 Å². The van der Waals surface area contributed by atoms with Crippen LogP contribution in [0.1, 0.15) is 36.4 Å². The molecule has 1 saturated carbocycles. The van der Waals surface area contributed by atoms with Crippen LogP contribution in [0, 0.1) is 12.8 Å². The SMILES string of the molecule is Cc1ccc(CC(C)N2CC(=O)NC(C)(C3CC3)C2=O)s1. The van der Waals surface area contributed by atoms with Gasteiger partial charge in [-0.3, -0.25) is 9.59 Å². The van der Waals surface area contributed by atoms with Gasteiger partial charge < -0.3 is 10.2 Å². The van der Waals surface area contributed by atoms with Crippen molar-refractivity contribution in [3.63, 3.8) is 0 Å². The Morgan fingerprint density at radius 2 is 2.14 bits per heavy atom. The second kappa shape index (κ2) is 5.13. The Kier molecular flexibility index (Phi) is 3.56. The van der Waals surface area contributed by atoms with E-state index in [9.17, 15) is 9.59 Å². The predicted molar refractivity (Wildman–Crippen MR) is 83.2 cm³/mol. The van der Waals surface area contributed by atoms with Crippen molar-refractivity contribution < 1.29 is 9.59 Å². The fraction of sp³-hybridized carbons (Fsp3) is 0.625. The quantitative estimate of drug-likeness (QED) is 0.926. The minimum Gasteiger partial charge on any atom is -0.340 e. The standard InChI is InChI=1S/C16H22N2O2S/c1-10(8-13-7-4-11(2)21-13)18-9-14(19)17-16(3,15(18)20)12-5-6-12/h4,7,10,12H,5-6,8-9H2,1-3H3,(H,17,19). The molecule has 1 aromatic rings. The summed E-state index contributed by atoms with van der Waals surface area (Å²) in [5.41, 5.74) is -0.686. The van der Waals surface area contributed by atoms with Gasteiger partial charge in [0.1, 0.15) is 5.54 Å². The average molecular weight is 306 g/mol. The van der Waals surface area contributed by atoms with Crippen molar-refractivity contribution in [1.29, 1.82) is 0 Å². The van der Waals surface area contributed by atoms with Crippen LogP contribution in [0.5, 0.6) is 0 Å². The smallest absolute Gasteiger partial charge is 0.249 e. The van der Waals surface area contributed by atoms with Gasteiger partial charge in [-0.1, -0.05) is 0 Å². The number of piperazine rings is 1. The molecule has 0 aromatic carbocycles. The Morgan fingerprint density at radius 3 is 2.71 bits per heavy atom. The van der Waals surface area contributed by atoms with Gasteiger partial charge in [0.2, 0.25) is 11.8 Å². The second-order valence-electron chi connectivity index (χ2n) is 6.52. The zero-order valence-electron chi connectivity index (χ0n) is 12.8. The van der Waals surface area contributed by atoms with Gasteiger partial charge >= 0.3 is 0 Å². The van der Waals surface area contributed by atoms with E-state index in [0.717, 1.165) is 19.3 Å². The van der Waals surface area contributed by atoms with E-state index in [1.54, 1.807) is 16.2 Å². The second-order valence-corrected chi connectivity index (χ2v) is 7.90. The molecule has 4 nitrogen and oxygen atoms in total. The first-order chi connectivity index (χ1) is 9.90. The summed E-state index contributed by atoms with van der Waals surface area (Å²) in [4.78, 5) is 29.2. The van der Waals surface area contributed by atoms with Crippen LogP contribution in [0.4, 0.5) is 0 Å². The maximum atomic E-state index is 12.8. The number of nitrogens with zero attached hydrogens (tertiary/aromatic N) is 1. The monoisotopic (exact) mass is 306 g/mol. The minimum absolute atomic E-state index is 0.0294. The van der Waals surface area contributed by atoms with Gasteiger partial charge in [-0.2, -0.15) is 0 Å². The van der Waals surface area contributed by atoms with Crippen molar-refractivity contribution in [2.45, 2.75) is 51.6 Å². The third-order valence-corrected chi connectivity index (χ3v) is 5.66. The van der Waals surface area contributed by atoms with Gasteiger partial charge in [-0.25, -0.2) is 0 Å². The molecule has 2 amide bonds. The van der Waals surface area contributed by atoms with Crippen molar-refractivity contribution in [3.8, 4) is 0 Å². The fourth-order valence-electron chi connectivity index (χ4n) is 3.20. The molecule has 1 N–H and O–H groups in total. The van der Waals surface area contributed by atoms with Gasteiger partial charge in [-0.05, 0) is 51.7 Å². The third-order valence-electron chi connectivity index (χ3n) is 4.64. The van der Waals surface area contributed by atoms with Crippen molar-refractivity contribution in [2.75, 3.05) is 6.54 Å². The summed E-state index contributed by atoms with van der Waals surface area (Å²) in [5.74, 6) is 0.372. The van der Waals surface area contributed by atoms with E-state index < -0.39 is 5.54 Å². The van der Waals surface area contributed by atoms with E-state index in [1.165, 1.54) is 9.75 Å². The Bertz CT molecular complexity index is 579. The number of nitrogens with one attached hydrogen (secondary N) is 1. The molecule has 2 fully saturated rings. The van der Waals surface area contributed by atoms with E-state index in [0.29, 0.717) is 5.92 Å². The summed E-state index contributed by atoms with van der Waals surface area (Å²) in [7, 11) is 0. The zero-order valence-corrected chi connectivity index (χ0v) is 13.6. The van der Waals surface area contributed by atoms with Crippen LogP contribution in [0.25, 0.3) is 0 Å². The van der Waals surface area contributed by atoms with Crippen LogP contribution in [0.15, 0.2) is 12.1 Å². The number of carbonyl (C=O) groups excluding carboxylic acids is 2. The number of rotatable bonds is 4. The Labute approximate surface area is 129 Å². The number of thiophene rings is 1. The summed E-state index contributed by atoms with van der Waals surface area (Å²) in [6, 6.07) is 4.27. The largest absolute Gasteiger partial charge is 0.340 e. The first-order valence-electron chi connectivity index (χ1n) is 7.57. The van der Waals surface area contributed by atoms with Crippen LogP contribution in [0.3, 0.4) is 0 Å². The third kappa shape index (κ3) is 2.71. The lowest BCUT2D eigenvalue weighted by molar-refractivity contribution is -0.152. The Balaban J connectivity index is 1.76. The molecule has 21 heavy (non-hydrogen) atoms. The molecule has 0 spiro atoms. The maximum Gasteiger partial charge on any atom is 0.249 e. The van der Waals surface area contributed by atoms with E-state index >= 15 is 0 Å². The molecule has 1 saturated heterocycles. The molecule has 2 atom stereocenters. The molecule has 114 valence electrons. The first-order valence-corrected chi connectivity index (χ1v) is 8.39. The number of hydrogen-bond donors (Lipinski definition) is 1. The molecule has 0 bridgehead atoms. The molecule has 0 radical (unpaired) electrons. The molecule has 1 aliphatic heterocycles. The molecular formula is C16H22N2O2S. The molecule has 2 heterocycles. The van der Waals surface area contributed by atoms with Crippen molar-refractivity contribution in [2.24, 2.45) is 5.92 Å². The van der Waals surface area contributed by atoms with Crippen molar-refractivity contribution in [3.05, 3.63) is 21.9 Å². The first kappa shape index (κ1) is 14.6. The number of aryl methyl sites for hydroxylation is 1. The van der Waals surface area contributed by atoms with Crippen LogP contribution in [-0.2, 0) is 16.0 Å². The predicted octanol–water partition coefficient (Wildman–Crippen LogP) is 2.11. The zero-order chi connectivity index (χ0) is 15.2. The summed E-state index contributed by atoms with van der Waals surface area (Å²) < 4.78 is 0. The highest BCUT2D eigenvalue weighted by atomic mass is 32.1. The van der Waals surface area contributed by atoms with E-state index in [2.05, 4.69) is 24.4 Å². The summed E-state index contributed by atoms with van der Waals surface area (Å²) in [6.07, 6.45) is 2.89. The highest BCUT2D eigenvalue weighted by Crippen LogP contribution is 2.42. The molecule has 2 unspecified atom stereocenters. The van der Waals surface area contributed by atoms with Gasteiger partial charge in [-0.15, -0.1) is 11.3 Å². The number of hydrogen-bond acceptors (Lipinski definition) is 3. The van der Waals surface area contributed by atoms with Crippen LogP contribution >= 0.6 is 11.3 Å². The van der Waals surface area contributed by atoms with Gasteiger partial charge in [0.05, 0.1) is 6.54 Å². The minimum atomic E-state index is -0.686. The average Bonchev–Trinajstić information content (AvgIpc) is 3.19. The summed E-state index contributed by atoms with van der Waals surface area (Å²) in [5, 5.41) is 2.93. The van der Waals surface area contributed by atoms with Crippen LogP contribution < -0.4 is 5.32 Å². The fourth-order valence-corrected chi connectivity index (χ4v) is 4.21. The molecule has 5 heteroatoms. The van der Waals surface area contributed by atoms with Gasteiger partial charge in [0, 0.05) is 22.2 Å². The molecule has 1 aliphatic carbocycles. The maximum absolute atomic E-state index is 12.8. The number of amides is 2. The lowest BCUT2D eigenvalue weighted by Crippen LogP contribution is -2.68. The topological polar surface area (TPSA) is 49.4 Å². The summed E-state index contributed by atoms with van der Waals surface area (Å²) >= 11 is 1.76. The van der Waals surface area contributed by atoms with Crippen LogP contribution in [-0.4, -0.2) is 34.8 Å².